The Balaban J connectivity index is 2.04. The lowest BCUT2D eigenvalue weighted by Crippen LogP contribution is -2.46. The van der Waals surface area contributed by atoms with Crippen molar-refractivity contribution < 1.29 is 19.5 Å². The first-order valence-electron chi connectivity index (χ1n) is 8.44. The molecule has 0 radical (unpaired) electrons. The Morgan fingerprint density at radius 1 is 1.27 bits per heavy atom. The summed E-state index contributed by atoms with van der Waals surface area (Å²) in [7, 11) is 0. The fourth-order valence-electron chi connectivity index (χ4n) is 3.08. The largest absolute Gasteiger partial charge is 0.480 e. The number of carboxylic acids is 1. The van der Waals surface area contributed by atoms with Crippen LogP contribution in [0.25, 0.3) is 0 Å². The maximum absolute atomic E-state index is 12.3. The van der Waals surface area contributed by atoms with Crippen LogP contribution >= 0.6 is 23.2 Å². The molecule has 142 valence electrons. The molecule has 0 unspecified atom stereocenters. The van der Waals surface area contributed by atoms with E-state index in [4.69, 9.17) is 23.2 Å². The van der Waals surface area contributed by atoms with Crippen molar-refractivity contribution in [3.05, 3.63) is 33.8 Å². The van der Waals surface area contributed by atoms with Gasteiger partial charge in [0.15, 0.2) is 0 Å². The monoisotopic (exact) mass is 400 g/mol. The summed E-state index contributed by atoms with van der Waals surface area (Å²) in [5, 5.41) is 12.7. The third kappa shape index (κ3) is 5.35. The second-order valence-electron chi connectivity index (χ2n) is 6.82. The van der Waals surface area contributed by atoms with Crippen LogP contribution in [-0.4, -0.2) is 39.9 Å². The van der Waals surface area contributed by atoms with E-state index in [0.29, 0.717) is 29.4 Å². The molecule has 0 saturated carbocycles. The van der Waals surface area contributed by atoms with Crippen molar-refractivity contribution in [3.8, 4) is 0 Å². The number of likely N-dealkylation sites (tertiary alicyclic amines) is 1. The fraction of sp³-hybridized carbons (Fsp3) is 0.500. The molecule has 1 aromatic carbocycles. The highest BCUT2D eigenvalue weighted by atomic mass is 35.5. The van der Waals surface area contributed by atoms with Gasteiger partial charge in [-0.05, 0) is 36.1 Å². The van der Waals surface area contributed by atoms with E-state index in [1.54, 1.807) is 36.9 Å². The van der Waals surface area contributed by atoms with Crippen molar-refractivity contribution in [3.63, 3.8) is 0 Å². The number of hydrogen-bond donors (Lipinski definition) is 2. The van der Waals surface area contributed by atoms with E-state index in [0.717, 1.165) is 5.56 Å². The second-order valence-corrected chi connectivity index (χ2v) is 7.70. The first kappa shape index (κ1) is 20.5. The van der Waals surface area contributed by atoms with Crippen molar-refractivity contribution in [2.75, 3.05) is 0 Å². The second kappa shape index (κ2) is 8.73. The lowest BCUT2D eigenvalue weighted by molar-refractivity contribution is -0.143. The highest BCUT2D eigenvalue weighted by Gasteiger charge is 2.33. The van der Waals surface area contributed by atoms with Crippen LogP contribution in [0.3, 0.4) is 0 Å². The van der Waals surface area contributed by atoms with E-state index >= 15 is 0 Å². The number of nitrogens with zero attached hydrogens (tertiary/aromatic N) is 1. The number of carbonyl (C=O) groups is 3. The van der Waals surface area contributed by atoms with Crippen LogP contribution < -0.4 is 5.32 Å². The van der Waals surface area contributed by atoms with E-state index in [-0.39, 0.29) is 30.2 Å². The van der Waals surface area contributed by atoms with Gasteiger partial charge in [0.05, 0.1) is 0 Å². The van der Waals surface area contributed by atoms with E-state index in [1.807, 2.05) is 0 Å². The topological polar surface area (TPSA) is 86.7 Å². The Morgan fingerprint density at radius 2 is 1.88 bits per heavy atom. The van der Waals surface area contributed by atoms with Crippen LogP contribution in [0.1, 0.15) is 38.7 Å². The predicted octanol–water partition coefficient (Wildman–Crippen LogP) is 3.10. The number of benzene rings is 1. The molecular weight excluding hydrogens is 379 g/mol. The Labute approximate surface area is 162 Å². The van der Waals surface area contributed by atoms with Gasteiger partial charge in [-0.3, -0.25) is 9.59 Å². The van der Waals surface area contributed by atoms with Crippen LogP contribution in [0, 0.1) is 5.92 Å². The summed E-state index contributed by atoms with van der Waals surface area (Å²) >= 11 is 12.0. The van der Waals surface area contributed by atoms with Gasteiger partial charge in [0.1, 0.15) is 6.04 Å². The maximum Gasteiger partial charge on any atom is 0.326 e. The first-order valence-corrected chi connectivity index (χ1v) is 9.19. The highest BCUT2D eigenvalue weighted by molar-refractivity contribution is 6.34. The molecule has 1 saturated heterocycles. The molecule has 0 bridgehead atoms. The summed E-state index contributed by atoms with van der Waals surface area (Å²) in [5.41, 5.74) is 0.786. The number of amides is 2. The Hall–Kier alpha value is -1.79. The molecule has 1 aliphatic heterocycles. The zero-order valence-corrected chi connectivity index (χ0v) is 16.2. The van der Waals surface area contributed by atoms with Crippen LogP contribution in [-0.2, 0) is 20.9 Å². The van der Waals surface area contributed by atoms with Gasteiger partial charge in [-0.15, -0.1) is 0 Å². The van der Waals surface area contributed by atoms with Gasteiger partial charge >= 0.3 is 5.97 Å². The minimum absolute atomic E-state index is 0.0439. The molecule has 2 amide bonds. The summed E-state index contributed by atoms with van der Waals surface area (Å²) in [5.74, 6) is -1.72. The van der Waals surface area contributed by atoms with Gasteiger partial charge in [0.25, 0.3) is 0 Å². The summed E-state index contributed by atoms with van der Waals surface area (Å²) in [6, 6.07) is 3.85. The zero-order chi connectivity index (χ0) is 19.4. The Kier molecular flexibility index (Phi) is 6.89. The van der Waals surface area contributed by atoms with Gasteiger partial charge in [0.2, 0.25) is 11.8 Å². The Morgan fingerprint density at radius 3 is 2.42 bits per heavy atom. The van der Waals surface area contributed by atoms with Crippen LogP contribution in [0.2, 0.25) is 10.0 Å². The standard InChI is InChI=1S/C18H22Cl2N2O4/c1-10(2)17(18(25)26)21-15(23)8-14-3-4-16(24)22(14)9-11-5-12(19)7-13(20)6-11/h5-7,10,14,17H,3-4,8-9H2,1-2H3,(H,21,23)(H,25,26)/t14-,17-/m0/s1. The predicted molar refractivity (Wildman–Crippen MR) is 99.1 cm³/mol. The molecule has 0 aromatic heterocycles. The number of hydrogen-bond acceptors (Lipinski definition) is 3. The van der Waals surface area contributed by atoms with Crippen molar-refractivity contribution in [1.29, 1.82) is 0 Å². The van der Waals surface area contributed by atoms with Crippen molar-refractivity contribution in [1.82, 2.24) is 10.2 Å². The van der Waals surface area contributed by atoms with E-state index in [9.17, 15) is 19.5 Å². The molecule has 2 N–H and O–H groups in total. The molecule has 1 aliphatic rings. The third-order valence-corrected chi connectivity index (χ3v) is 4.83. The summed E-state index contributed by atoms with van der Waals surface area (Å²) in [6.45, 7) is 3.77. The first-order chi connectivity index (χ1) is 12.2. The highest BCUT2D eigenvalue weighted by Crippen LogP contribution is 2.26. The van der Waals surface area contributed by atoms with Crippen LogP contribution in [0.4, 0.5) is 0 Å². The smallest absolute Gasteiger partial charge is 0.326 e. The van der Waals surface area contributed by atoms with Crippen molar-refractivity contribution >= 4 is 41.0 Å². The lowest BCUT2D eigenvalue weighted by Gasteiger charge is -2.26. The fourth-order valence-corrected chi connectivity index (χ4v) is 3.65. The summed E-state index contributed by atoms with van der Waals surface area (Å²) in [4.78, 5) is 37.4. The summed E-state index contributed by atoms with van der Waals surface area (Å²) in [6.07, 6.45) is 0.981. The number of carboxylic acid groups (broad SMARTS) is 1. The van der Waals surface area contributed by atoms with E-state index < -0.39 is 12.0 Å². The number of halogens is 2. The minimum Gasteiger partial charge on any atom is -0.480 e. The van der Waals surface area contributed by atoms with Gasteiger partial charge < -0.3 is 15.3 Å². The van der Waals surface area contributed by atoms with E-state index in [2.05, 4.69) is 5.32 Å². The molecule has 1 fully saturated rings. The molecule has 8 heteroatoms. The van der Waals surface area contributed by atoms with E-state index in [1.165, 1.54) is 0 Å². The van der Waals surface area contributed by atoms with Gasteiger partial charge in [-0.25, -0.2) is 4.79 Å². The average Bonchev–Trinajstić information content (AvgIpc) is 2.84. The van der Waals surface area contributed by atoms with Gasteiger partial charge in [0, 0.05) is 35.5 Å². The molecule has 6 nitrogen and oxygen atoms in total. The molecular formula is C18H22Cl2N2O4. The number of nitrogens with one attached hydrogen (secondary N) is 1. The normalized spacial score (nSPS) is 18.3. The van der Waals surface area contributed by atoms with Crippen LogP contribution in [0.15, 0.2) is 18.2 Å². The number of aliphatic carboxylic acids is 1. The van der Waals surface area contributed by atoms with Gasteiger partial charge in [-0.1, -0.05) is 37.0 Å². The maximum atomic E-state index is 12.3. The number of rotatable bonds is 7. The molecule has 26 heavy (non-hydrogen) atoms. The SMILES string of the molecule is CC(C)[C@H](NC(=O)C[C@@H]1CCC(=O)N1Cc1cc(Cl)cc(Cl)c1)C(=O)O. The van der Waals surface area contributed by atoms with Crippen molar-refractivity contribution in [2.45, 2.75) is 51.7 Å². The minimum atomic E-state index is -1.07. The molecule has 2 atom stereocenters. The molecule has 2 rings (SSSR count). The lowest BCUT2D eigenvalue weighted by atomic mass is 10.0. The molecule has 0 aliphatic carbocycles. The zero-order valence-electron chi connectivity index (χ0n) is 14.7. The Bertz CT molecular complexity index is 688. The quantitative estimate of drug-likeness (QED) is 0.735. The average molecular weight is 401 g/mol. The molecule has 1 aromatic rings. The molecule has 0 spiro atoms. The van der Waals surface area contributed by atoms with Crippen molar-refractivity contribution in [2.24, 2.45) is 5.92 Å². The third-order valence-electron chi connectivity index (χ3n) is 4.40. The number of carbonyl (C=O) groups excluding carboxylic acids is 2. The summed E-state index contributed by atoms with van der Waals surface area (Å²) < 4.78 is 0. The van der Waals surface area contributed by atoms with Gasteiger partial charge in [-0.2, -0.15) is 0 Å². The van der Waals surface area contributed by atoms with Crippen LogP contribution in [0.5, 0.6) is 0 Å². The molecule has 1 heterocycles.